The van der Waals surface area contributed by atoms with Gasteiger partial charge in [0.15, 0.2) is 0 Å². The molecule has 0 amide bonds. The van der Waals surface area contributed by atoms with Crippen LogP contribution in [0.4, 0.5) is 5.82 Å². The Morgan fingerprint density at radius 3 is 2.30 bits per heavy atom. The number of nitrogens with zero attached hydrogens (tertiary/aromatic N) is 2. The normalized spacial score (nSPS) is 10.0. The summed E-state index contributed by atoms with van der Waals surface area (Å²) in [4.78, 5) is 7.62. The van der Waals surface area contributed by atoms with Gasteiger partial charge in [-0.1, -0.05) is 9.24 Å². The van der Waals surface area contributed by atoms with Crippen LogP contribution in [0.25, 0.3) is 0 Å². The quantitative estimate of drug-likeness (QED) is 0.591. The molecule has 0 aliphatic heterocycles. The zero-order valence-electron chi connectivity index (χ0n) is 6.38. The van der Waals surface area contributed by atoms with Gasteiger partial charge < -0.3 is 4.90 Å². The van der Waals surface area contributed by atoms with E-state index in [2.05, 4.69) is 21.1 Å². The molecule has 0 aliphatic carbocycles. The summed E-state index contributed by atoms with van der Waals surface area (Å²) in [5, 5.41) is 0. The van der Waals surface area contributed by atoms with E-state index in [1.165, 1.54) is 4.88 Å². The van der Waals surface area contributed by atoms with Gasteiger partial charge in [-0.2, -0.15) is 0 Å². The fourth-order valence-electron chi connectivity index (χ4n) is 0.823. The Kier molecular flexibility index (Phi) is 2.27. The molecule has 4 heteroatoms. The number of aromatic nitrogens is 1. The first-order valence-electron chi connectivity index (χ1n) is 3.01. The molecule has 0 aromatic carbocycles. The second kappa shape index (κ2) is 2.85. The maximum absolute atomic E-state index is 4.32. The lowest BCUT2D eigenvalue weighted by Crippen LogP contribution is -2.10. The number of hydrogen-bond acceptors (Lipinski definition) is 3. The minimum Gasteiger partial charge on any atom is -0.362 e. The van der Waals surface area contributed by atoms with Crippen molar-refractivity contribution in [1.29, 1.82) is 0 Å². The number of rotatable bonds is 1. The molecular formula is C6H11N2PS. The van der Waals surface area contributed by atoms with Gasteiger partial charge in [-0.15, -0.1) is 11.3 Å². The average Bonchev–Trinajstić information content (AvgIpc) is 2.10. The molecule has 1 aromatic heterocycles. The van der Waals surface area contributed by atoms with Crippen LogP contribution in [0.1, 0.15) is 4.88 Å². The Hall–Kier alpha value is -0.140. The summed E-state index contributed by atoms with van der Waals surface area (Å²) in [7, 11) is 6.62. The predicted octanol–water partition coefficient (Wildman–Crippen LogP) is 1.02. The summed E-state index contributed by atoms with van der Waals surface area (Å²) in [6.45, 7) is 2.08. The molecule has 0 spiro atoms. The van der Waals surface area contributed by atoms with Crippen molar-refractivity contribution in [2.24, 2.45) is 0 Å². The first-order valence-corrected chi connectivity index (χ1v) is 4.41. The number of thiazole rings is 1. The van der Waals surface area contributed by atoms with E-state index in [-0.39, 0.29) is 0 Å². The molecule has 10 heavy (non-hydrogen) atoms. The molecule has 56 valence electrons. The monoisotopic (exact) mass is 174 g/mol. The zero-order chi connectivity index (χ0) is 7.72. The highest BCUT2D eigenvalue weighted by atomic mass is 32.1. The molecule has 0 bridgehead atoms. The number of anilines is 1. The Morgan fingerprint density at radius 1 is 1.50 bits per heavy atom. The molecule has 1 rings (SSSR count). The van der Waals surface area contributed by atoms with Crippen molar-refractivity contribution in [3.63, 3.8) is 0 Å². The summed E-state index contributed by atoms with van der Waals surface area (Å²) in [6, 6.07) is 0. The van der Waals surface area contributed by atoms with E-state index in [1.54, 1.807) is 11.3 Å². The minimum absolute atomic E-state index is 1.06. The van der Waals surface area contributed by atoms with Crippen molar-refractivity contribution in [2.75, 3.05) is 19.0 Å². The Labute approximate surface area is 67.5 Å². The van der Waals surface area contributed by atoms with Crippen molar-refractivity contribution in [1.82, 2.24) is 4.98 Å². The van der Waals surface area contributed by atoms with Crippen LogP contribution in [0.2, 0.25) is 0 Å². The number of hydrogen-bond donors (Lipinski definition) is 0. The van der Waals surface area contributed by atoms with Gasteiger partial charge in [0.2, 0.25) is 0 Å². The lowest BCUT2D eigenvalue weighted by atomic mass is 10.5. The first-order chi connectivity index (χ1) is 4.61. The van der Waals surface area contributed by atoms with Crippen LogP contribution in [0.5, 0.6) is 0 Å². The van der Waals surface area contributed by atoms with Gasteiger partial charge in [-0.05, 0) is 6.92 Å². The van der Waals surface area contributed by atoms with Crippen LogP contribution >= 0.6 is 20.6 Å². The molecule has 2 nitrogen and oxygen atoms in total. The van der Waals surface area contributed by atoms with Crippen LogP contribution in [0, 0.1) is 6.92 Å². The smallest absolute Gasteiger partial charge is 0.142 e. The predicted molar refractivity (Wildman–Crippen MR) is 50.5 cm³/mol. The van der Waals surface area contributed by atoms with Crippen molar-refractivity contribution < 1.29 is 0 Å². The maximum atomic E-state index is 4.32. The third-order valence-electron chi connectivity index (χ3n) is 1.21. The standard InChI is InChI=1S/C6H11N2PS/c1-4-5(8(2)3)7-6(9)10-4/h9H2,1-3H3. The van der Waals surface area contributed by atoms with Gasteiger partial charge >= 0.3 is 0 Å². The van der Waals surface area contributed by atoms with Gasteiger partial charge in [0.25, 0.3) is 0 Å². The SMILES string of the molecule is Cc1sc(P)nc1N(C)C. The van der Waals surface area contributed by atoms with Crippen LogP contribution in [0.3, 0.4) is 0 Å². The molecule has 0 N–H and O–H groups in total. The summed E-state index contributed by atoms with van der Waals surface area (Å²) in [5.74, 6) is 1.08. The Morgan fingerprint density at radius 2 is 2.10 bits per heavy atom. The van der Waals surface area contributed by atoms with Crippen molar-refractivity contribution in [3.8, 4) is 0 Å². The zero-order valence-corrected chi connectivity index (χ0v) is 8.35. The Bertz CT molecular complexity index is 232. The molecule has 0 saturated carbocycles. The van der Waals surface area contributed by atoms with E-state index in [4.69, 9.17) is 0 Å². The maximum Gasteiger partial charge on any atom is 0.142 e. The van der Waals surface area contributed by atoms with E-state index in [1.807, 2.05) is 19.0 Å². The lowest BCUT2D eigenvalue weighted by Gasteiger charge is -2.08. The average molecular weight is 174 g/mol. The second-order valence-electron chi connectivity index (χ2n) is 2.33. The lowest BCUT2D eigenvalue weighted by molar-refractivity contribution is 1.08. The van der Waals surface area contributed by atoms with E-state index in [0.717, 1.165) is 10.6 Å². The first kappa shape index (κ1) is 7.96. The fourth-order valence-corrected chi connectivity index (χ4v) is 2.24. The molecule has 0 radical (unpaired) electrons. The van der Waals surface area contributed by atoms with Crippen molar-refractivity contribution in [3.05, 3.63) is 4.88 Å². The fraction of sp³-hybridized carbons (Fsp3) is 0.500. The van der Waals surface area contributed by atoms with Crippen LogP contribution in [-0.4, -0.2) is 19.1 Å². The van der Waals surface area contributed by atoms with Crippen LogP contribution < -0.4 is 9.65 Å². The molecule has 1 unspecified atom stereocenters. The molecule has 1 heterocycles. The van der Waals surface area contributed by atoms with Gasteiger partial charge in [-0.25, -0.2) is 4.98 Å². The topological polar surface area (TPSA) is 16.1 Å². The molecule has 1 atom stereocenters. The third kappa shape index (κ3) is 1.47. The van der Waals surface area contributed by atoms with E-state index in [9.17, 15) is 0 Å². The van der Waals surface area contributed by atoms with E-state index >= 15 is 0 Å². The third-order valence-corrected chi connectivity index (χ3v) is 2.48. The van der Waals surface area contributed by atoms with E-state index < -0.39 is 0 Å². The largest absolute Gasteiger partial charge is 0.362 e. The highest BCUT2D eigenvalue weighted by Gasteiger charge is 2.04. The molecular weight excluding hydrogens is 163 g/mol. The summed E-state index contributed by atoms with van der Waals surface area (Å²) in [6.07, 6.45) is 0. The van der Waals surface area contributed by atoms with Gasteiger partial charge in [0.1, 0.15) is 10.6 Å². The summed E-state index contributed by atoms with van der Waals surface area (Å²) < 4.78 is 1.06. The second-order valence-corrected chi connectivity index (χ2v) is 4.53. The van der Waals surface area contributed by atoms with E-state index in [0.29, 0.717) is 0 Å². The molecule has 0 aliphatic rings. The molecule has 0 fully saturated rings. The molecule has 0 saturated heterocycles. The highest BCUT2D eigenvalue weighted by molar-refractivity contribution is 7.42. The summed E-state index contributed by atoms with van der Waals surface area (Å²) in [5.41, 5.74) is 0. The van der Waals surface area contributed by atoms with Gasteiger partial charge in [0.05, 0.1) is 0 Å². The molecule has 1 aromatic rings. The highest BCUT2D eigenvalue weighted by Crippen LogP contribution is 2.18. The summed E-state index contributed by atoms with van der Waals surface area (Å²) >= 11 is 1.71. The van der Waals surface area contributed by atoms with Gasteiger partial charge in [-0.3, -0.25) is 0 Å². The van der Waals surface area contributed by atoms with Crippen LogP contribution in [-0.2, 0) is 0 Å². The van der Waals surface area contributed by atoms with Gasteiger partial charge in [0, 0.05) is 19.0 Å². The Balaban J connectivity index is 3.03. The number of aryl methyl sites for hydroxylation is 1. The van der Waals surface area contributed by atoms with Crippen molar-refractivity contribution in [2.45, 2.75) is 6.92 Å². The van der Waals surface area contributed by atoms with Crippen LogP contribution in [0.15, 0.2) is 0 Å². The van der Waals surface area contributed by atoms with Crippen molar-refractivity contribution >= 4 is 31.1 Å². The minimum atomic E-state index is 1.06.